The lowest BCUT2D eigenvalue weighted by Crippen LogP contribution is -2.32. The second-order valence-electron chi connectivity index (χ2n) is 3.34. The van der Waals surface area contributed by atoms with Crippen molar-refractivity contribution in [1.29, 1.82) is 0 Å². The Morgan fingerprint density at radius 2 is 2.38 bits per heavy atom. The Morgan fingerprint density at radius 1 is 1.56 bits per heavy atom. The number of hydrogen-bond donors (Lipinski definition) is 2. The second kappa shape index (κ2) is 4.40. The summed E-state index contributed by atoms with van der Waals surface area (Å²) in [4.78, 5) is 26.6. The van der Waals surface area contributed by atoms with Crippen LogP contribution in [0.25, 0.3) is 0 Å². The molecule has 0 saturated heterocycles. The molecule has 0 radical (unpaired) electrons. The molecule has 0 spiro atoms. The van der Waals surface area contributed by atoms with Crippen molar-refractivity contribution in [3.05, 3.63) is 11.1 Å². The van der Waals surface area contributed by atoms with Gasteiger partial charge in [0, 0.05) is 18.2 Å². The third-order valence-corrected chi connectivity index (χ3v) is 2.88. The van der Waals surface area contributed by atoms with Crippen LogP contribution >= 0.6 is 11.3 Å². The maximum atomic E-state index is 11.7. The minimum absolute atomic E-state index is 0.165. The highest BCUT2D eigenvalue weighted by Crippen LogP contribution is 2.14. The fourth-order valence-corrected chi connectivity index (χ4v) is 1.90. The predicted molar refractivity (Wildman–Crippen MR) is 60.3 cm³/mol. The number of hydrogen-bond acceptors (Lipinski definition) is 5. The summed E-state index contributed by atoms with van der Waals surface area (Å²) >= 11 is 1.36. The number of aryl methyl sites for hydroxylation is 1. The summed E-state index contributed by atoms with van der Waals surface area (Å²) in [5.74, 6) is -0.476. The van der Waals surface area contributed by atoms with Gasteiger partial charge in [0.15, 0.2) is 5.13 Å². The van der Waals surface area contributed by atoms with Crippen LogP contribution in [0.1, 0.15) is 18.5 Å². The first kappa shape index (κ1) is 10.7. The average molecular weight is 238 g/mol. The predicted octanol–water partition coefficient (Wildman–Crippen LogP) is 0.656. The molecule has 1 aromatic heterocycles. The normalized spacial score (nSPS) is 15.3. The summed E-state index contributed by atoms with van der Waals surface area (Å²) in [5.41, 5.74) is 3.46. The molecular formula is C9H10N4O2S. The van der Waals surface area contributed by atoms with Crippen LogP contribution in [-0.2, 0) is 9.59 Å². The molecular weight excluding hydrogens is 228 g/mol. The average Bonchev–Trinajstić information content (AvgIpc) is 2.65. The lowest BCUT2D eigenvalue weighted by atomic mass is 10.2. The molecule has 0 unspecified atom stereocenters. The highest BCUT2D eigenvalue weighted by Gasteiger charge is 2.18. The molecule has 16 heavy (non-hydrogen) atoms. The number of aromatic nitrogens is 1. The third kappa shape index (κ3) is 2.43. The Bertz CT molecular complexity index is 466. The van der Waals surface area contributed by atoms with E-state index in [0.29, 0.717) is 23.7 Å². The first-order valence-electron chi connectivity index (χ1n) is 4.74. The number of anilines is 1. The zero-order valence-electron chi connectivity index (χ0n) is 8.61. The van der Waals surface area contributed by atoms with Crippen LogP contribution in [0, 0.1) is 6.92 Å². The van der Waals surface area contributed by atoms with Crippen LogP contribution in [0.2, 0.25) is 0 Å². The van der Waals surface area contributed by atoms with E-state index in [4.69, 9.17) is 0 Å². The quantitative estimate of drug-likeness (QED) is 0.793. The fraction of sp³-hybridized carbons (Fsp3) is 0.333. The zero-order valence-corrected chi connectivity index (χ0v) is 9.43. The van der Waals surface area contributed by atoms with Crippen LogP contribution in [0.4, 0.5) is 5.13 Å². The molecule has 0 bridgehead atoms. The first-order chi connectivity index (χ1) is 7.65. The van der Waals surface area contributed by atoms with Crippen LogP contribution < -0.4 is 10.7 Å². The van der Waals surface area contributed by atoms with E-state index < -0.39 is 0 Å². The number of hydrazone groups is 1. The van der Waals surface area contributed by atoms with Crippen molar-refractivity contribution in [2.24, 2.45) is 5.10 Å². The molecule has 1 aromatic rings. The molecule has 84 valence electrons. The molecule has 7 heteroatoms. The van der Waals surface area contributed by atoms with Gasteiger partial charge in [-0.1, -0.05) is 0 Å². The van der Waals surface area contributed by atoms with E-state index in [0.717, 1.165) is 5.69 Å². The number of nitrogens with zero attached hydrogens (tertiary/aromatic N) is 2. The number of rotatable bonds is 2. The van der Waals surface area contributed by atoms with Gasteiger partial charge in [-0.05, 0) is 6.92 Å². The molecule has 6 nitrogen and oxygen atoms in total. The van der Waals surface area contributed by atoms with Crippen molar-refractivity contribution in [3.63, 3.8) is 0 Å². The molecule has 0 aliphatic carbocycles. The van der Waals surface area contributed by atoms with Gasteiger partial charge in [-0.25, -0.2) is 10.4 Å². The van der Waals surface area contributed by atoms with E-state index in [9.17, 15) is 9.59 Å². The summed E-state index contributed by atoms with van der Waals surface area (Å²) < 4.78 is 0. The number of nitrogens with one attached hydrogen (secondary N) is 2. The largest absolute Gasteiger partial charge is 0.297 e. The monoisotopic (exact) mass is 238 g/mol. The van der Waals surface area contributed by atoms with Crippen molar-refractivity contribution in [3.8, 4) is 0 Å². The van der Waals surface area contributed by atoms with Crippen molar-refractivity contribution in [2.75, 3.05) is 5.32 Å². The van der Waals surface area contributed by atoms with Gasteiger partial charge in [0.05, 0.1) is 5.69 Å². The van der Waals surface area contributed by atoms with E-state index in [1.54, 1.807) is 0 Å². The highest BCUT2D eigenvalue weighted by molar-refractivity contribution is 7.14. The maximum Gasteiger partial charge on any atom is 0.273 e. The number of thiazole rings is 1. The lowest BCUT2D eigenvalue weighted by molar-refractivity contribution is -0.121. The van der Waals surface area contributed by atoms with Crippen LogP contribution in [0.5, 0.6) is 0 Å². The topological polar surface area (TPSA) is 83.5 Å². The number of amides is 2. The Labute approximate surface area is 95.8 Å². The second-order valence-corrected chi connectivity index (χ2v) is 4.20. The van der Waals surface area contributed by atoms with E-state index in [2.05, 4.69) is 20.8 Å². The summed E-state index contributed by atoms with van der Waals surface area (Å²) in [6.07, 6.45) is 0.658. The highest BCUT2D eigenvalue weighted by atomic mass is 32.1. The van der Waals surface area contributed by atoms with E-state index in [1.807, 2.05) is 12.3 Å². The smallest absolute Gasteiger partial charge is 0.273 e. The minimum atomic E-state index is -0.311. The number of carbonyl (C=O) groups is 2. The Balaban J connectivity index is 2.01. The maximum absolute atomic E-state index is 11.7. The molecule has 0 saturated carbocycles. The summed E-state index contributed by atoms with van der Waals surface area (Å²) in [5, 5.41) is 8.72. The van der Waals surface area contributed by atoms with Gasteiger partial charge >= 0.3 is 0 Å². The Kier molecular flexibility index (Phi) is 2.95. The van der Waals surface area contributed by atoms with Crippen molar-refractivity contribution >= 4 is 34.0 Å². The molecule has 1 aliphatic heterocycles. The van der Waals surface area contributed by atoms with Gasteiger partial charge in [-0.3, -0.25) is 14.9 Å². The van der Waals surface area contributed by atoms with Gasteiger partial charge in [-0.2, -0.15) is 5.10 Å². The summed E-state index contributed by atoms with van der Waals surface area (Å²) in [6.45, 7) is 1.85. The van der Waals surface area contributed by atoms with Crippen molar-refractivity contribution in [2.45, 2.75) is 19.8 Å². The van der Waals surface area contributed by atoms with Gasteiger partial charge in [0.25, 0.3) is 5.91 Å². The van der Waals surface area contributed by atoms with Gasteiger partial charge in [-0.15, -0.1) is 11.3 Å². The third-order valence-electron chi connectivity index (χ3n) is 2.01. The summed E-state index contributed by atoms with van der Waals surface area (Å²) in [7, 11) is 0. The van der Waals surface area contributed by atoms with E-state index in [1.165, 1.54) is 11.3 Å². The zero-order chi connectivity index (χ0) is 11.5. The Morgan fingerprint density at radius 3 is 2.94 bits per heavy atom. The first-order valence-corrected chi connectivity index (χ1v) is 5.62. The van der Waals surface area contributed by atoms with Crippen LogP contribution in [0.15, 0.2) is 10.5 Å². The molecule has 2 rings (SSSR count). The Hall–Kier alpha value is -1.76. The molecule has 2 amide bonds. The van der Waals surface area contributed by atoms with Crippen molar-refractivity contribution in [1.82, 2.24) is 10.4 Å². The van der Waals surface area contributed by atoms with Crippen LogP contribution in [-0.4, -0.2) is 22.5 Å². The van der Waals surface area contributed by atoms with Gasteiger partial charge in [0.1, 0.15) is 5.71 Å². The molecule has 0 atom stereocenters. The lowest BCUT2D eigenvalue weighted by Gasteiger charge is -2.10. The van der Waals surface area contributed by atoms with Gasteiger partial charge < -0.3 is 0 Å². The molecule has 0 fully saturated rings. The molecule has 2 heterocycles. The fourth-order valence-electron chi connectivity index (χ4n) is 1.22. The van der Waals surface area contributed by atoms with Crippen LogP contribution in [0.3, 0.4) is 0 Å². The summed E-state index contributed by atoms with van der Waals surface area (Å²) in [6, 6.07) is 0. The van der Waals surface area contributed by atoms with Gasteiger partial charge in [0.2, 0.25) is 5.91 Å². The molecule has 1 aliphatic rings. The molecule has 0 aromatic carbocycles. The van der Waals surface area contributed by atoms with E-state index >= 15 is 0 Å². The van der Waals surface area contributed by atoms with Crippen molar-refractivity contribution < 1.29 is 9.59 Å². The number of carbonyl (C=O) groups excluding carboxylic acids is 2. The molecule has 2 N–H and O–H groups in total. The SMILES string of the molecule is Cc1csc(NC(=O)C2=NNC(=O)CC2)n1. The van der Waals surface area contributed by atoms with E-state index in [-0.39, 0.29) is 11.8 Å². The minimum Gasteiger partial charge on any atom is -0.297 e. The standard InChI is InChI=1S/C9H10N4O2S/c1-5-4-16-9(10-5)11-8(15)6-2-3-7(14)13-12-6/h4H,2-3H2,1H3,(H,13,14)(H,10,11,15).